The van der Waals surface area contributed by atoms with Gasteiger partial charge in [-0.2, -0.15) is 0 Å². The van der Waals surface area contributed by atoms with Crippen LogP contribution in [0.2, 0.25) is 0 Å². The number of ether oxygens (including phenoxy) is 1. The van der Waals surface area contributed by atoms with E-state index in [4.69, 9.17) is 17.0 Å². The summed E-state index contributed by atoms with van der Waals surface area (Å²) in [7, 11) is 0. The van der Waals surface area contributed by atoms with Crippen LogP contribution in [0.25, 0.3) is 0 Å². The van der Waals surface area contributed by atoms with Gasteiger partial charge in [0.1, 0.15) is 5.75 Å². The lowest BCUT2D eigenvalue weighted by Gasteiger charge is -2.14. The van der Waals surface area contributed by atoms with E-state index >= 15 is 0 Å². The first-order chi connectivity index (χ1) is 14.0. The van der Waals surface area contributed by atoms with E-state index in [-0.39, 0.29) is 11.0 Å². The van der Waals surface area contributed by atoms with Gasteiger partial charge in [-0.15, -0.1) is 0 Å². The molecule has 1 amide bonds. The maximum absolute atomic E-state index is 12.7. The second-order valence-electron chi connectivity index (χ2n) is 6.47. The zero-order chi connectivity index (χ0) is 20.6. The third-order valence-corrected chi connectivity index (χ3v) is 5.08. The number of para-hydroxylation sites is 1. The van der Waals surface area contributed by atoms with Crippen molar-refractivity contribution in [3.05, 3.63) is 94.0 Å². The third kappa shape index (κ3) is 6.14. The molecule has 3 rings (SSSR count). The van der Waals surface area contributed by atoms with Crippen molar-refractivity contribution in [3.63, 3.8) is 0 Å². The van der Waals surface area contributed by atoms with E-state index in [1.807, 2.05) is 49.4 Å². The van der Waals surface area contributed by atoms with E-state index in [0.717, 1.165) is 22.1 Å². The predicted octanol–water partition coefficient (Wildman–Crippen LogP) is 5.51. The second kappa shape index (κ2) is 10.2. The first-order valence-electron chi connectivity index (χ1n) is 9.17. The van der Waals surface area contributed by atoms with Crippen molar-refractivity contribution in [1.82, 2.24) is 5.32 Å². The Balaban J connectivity index is 1.60. The number of rotatable bonds is 6. The van der Waals surface area contributed by atoms with Gasteiger partial charge in [0, 0.05) is 10.9 Å². The van der Waals surface area contributed by atoms with Crippen LogP contribution in [-0.2, 0) is 6.42 Å². The minimum absolute atomic E-state index is 0.221. The van der Waals surface area contributed by atoms with Crippen molar-refractivity contribution in [2.24, 2.45) is 0 Å². The number of thiocarbonyl (C=S) groups is 1. The Hall–Kier alpha value is -2.70. The number of carbonyl (C=O) groups is 1. The van der Waals surface area contributed by atoms with Crippen molar-refractivity contribution in [1.29, 1.82) is 0 Å². The number of aryl methyl sites for hydroxylation is 1. The minimum atomic E-state index is -0.318. The number of nitrogens with one attached hydrogen (secondary N) is 2. The zero-order valence-electron chi connectivity index (χ0n) is 15.9. The van der Waals surface area contributed by atoms with Gasteiger partial charge in [-0.05, 0) is 70.5 Å². The van der Waals surface area contributed by atoms with E-state index < -0.39 is 0 Å². The summed E-state index contributed by atoms with van der Waals surface area (Å²) >= 11 is 8.79. The molecule has 0 bridgehead atoms. The number of hydrogen-bond acceptors (Lipinski definition) is 3. The van der Waals surface area contributed by atoms with Gasteiger partial charge in [0.2, 0.25) is 0 Å². The molecule has 4 nitrogen and oxygen atoms in total. The molecule has 0 aromatic heterocycles. The van der Waals surface area contributed by atoms with Gasteiger partial charge >= 0.3 is 0 Å². The number of benzene rings is 3. The fourth-order valence-electron chi connectivity index (χ4n) is 2.75. The summed E-state index contributed by atoms with van der Waals surface area (Å²) in [6, 6.07) is 23.1. The van der Waals surface area contributed by atoms with Gasteiger partial charge in [0.15, 0.2) is 5.11 Å². The van der Waals surface area contributed by atoms with Gasteiger partial charge in [-0.1, -0.05) is 48.5 Å². The molecular weight excluding hydrogens is 448 g/mol. The summed E-state index contributed by atoms with van der Waals surface area (Å²) in [5, 5.41) is 5.97. The molecule has 0 radical (unpaired) electrons. The highest BCUT2D eigenvalue weighted by Crippen LogP contribution is 2.23. The summed E-state index contributed by atoms with van der Waals surface area (Å²) in [6.07, 6.45) is 0.762. The lowest BCUT2D eigenvalue weighted by Crippen LogP contribution is -2.34. The molecule has 0 heterocycles. The van der Waals surface area contributed by atoms with Crippen LogP contribution in [-0.4, -0.2) is 17.6 Å². The van der Waals surface area contributed by atoms with Crippen molar-refractivity contribution in [2.45, 2.75) is 13.3 Å². The van der Waals surface area contributed by atoms with Crippen LogP contribution in [0.3, 0.4) is 0 Å². The summed E-state index contributed by atoms with van der Waals surface area (Å²) in [5.74, 6) is 0.210. The monoisotopic (exact) mass is 468 g/mol. The molecule has 3 aromatic carbocycles. The Labute approximate surface area is 184 Å². The van der Waals surface area contributed by atoms with Crippen molar-refractivity contribution in [3.8, 4) is 5.75 Å². The van der Waals surface area contributed by atoms with E-state index in [9.17, 15) is 4.79 Å². The number of carbonyl (C=O) groups excluding carboxylic acids is 1. The smallest absolute Gasteiger partial charge is 0.261 e. The predicted molar refractivity (Wildman–Crippen MR) is 125 cm³/mol. The summed E-state index contributed by atoms with van der Waals surface area (Å²) in [4.78, 5) is 12.7. The third-order valence-electron chi connectivity index (χ3n) is 4.22. The van der Waals surface area contributed by atoms with Gasteiger partial charge < -0.3 is 10.1 Å². The Morgan fingerprint density at radius 1 is 1.03 bits per heavy atom. The Bertz CT molecular complexity index is 1010. The Kier molecular flexibility index (Phi) is 7.38. The van der Waals surface area contributed by atoms with Crippen LogP contribution >= 0.6 is 28.1 Å². The van der Waals surface area contributed by atoms with Crippen LogP contribution in [0.15, 0.2) is 77.3 Å². The molecular formula is C23H21BrN2O2S. The lowest BCUT2D eigenvalue weighted by molar-refractivity contribution is 0.0974. The minimum Gasteiger partial charge on any atom is -0.492 e. The topological polar surface area (TPSA) is 50.4 Å². The zero-order valence-corrected chi connectivity index (χ0v) is 18.3. The van der Waals surface area contributed by atoms with E-state index in [1.165, 1.54) is 5.56 Å². The molecule has 0 unspecified atom stereocenters. The maximum Gasteiger partial charge on any atom is 0.261 e. The molecule has 0 aliphatic heterocycles. The van der Waals surface area contributed by atoms with Crippen LogP contribution in [0, 0.1) is 6.92 Å². The van der Waals surface area contributed by atoms with E-state index in [2.05, 4.69) is 38.7 Å². The highest BCUT2D eigenvalue weighted by atomic mass is 79.9. The number of hydrogen-bond donors (Lipinski definition) is 2. The molecule has 0 spiro atoms. The molecule has 0 saturated carbocycles. The largest absolute Gasteiger partial charge is 0.492 e. The van der Waals surface area contributed by atoms with Crippen molar-refractivity contribution >= 4 is 44.9 Å². The van der Waals surface area contributed by atoms with Gasteiger partial charge in [-0.3, -0.25) is 10.1 Å². The summed E-state index contributed by atoms with van der Waals surface area (Å²) in [6.45, 7) is 2.48. The van der Waals surface area contributed by atoms with Crippen molar-refractivity contribution in [2.75, 3.05) is 11.9 Å². The fraction of sp³-hybridized carbons (Fsp3) is 0.130. The van der Waals surface area contributed by atoms with Crippen LogP contribution in [0.4, 0.5) is 5.69 Å². The normalized spacial score (nSPS) is 10.3. The Morgan fingerprint density at radius 3 is 2.52 bits per heavy atom. The van der Waals surface area contributed by atoms with Crippen LogP contribution < -0.4 is 15.4 Å². The average molecular weight is 469 g/mol. The molecule has 148 valence electrons. The lowest BCUT2D eigenvalue weighted by atomic mass is 10.1. The van der Waals surface area contributed by atoms with Gasteiger partial charge in [-0.25, -0.2) is 0 Å². The van der Waals surface area contributed by atoms with Crippen LogP contribution in [0.5, 0.6) is 5.75 Å². The highest BCUT2D eigenvalue weighted by Gasteiger charge is 2.14. The first-order valence-corrected chi connectivity index (χ1v) is 10.4. The summed E-state index contributed by atoms with van der Waals surface area (Å²) < 4.78 is 6.74. The van der Waals surface area contributed by atoms with E-state index in [0.29, 0.717) is 17.9 Å². The van der Waals surface area contributed by atoms with Crippen molar-refractivity contribution < 1.29 is 9.53 Å². The molecule has 0 aliphatic carbocycles. The molecule has 0 aliphatic rings. The number of anilines is 1. The second-order valence-corrected chi connectivity index (χ2v) is 7.73. The molecule has 2 N–H and O–H groups in total. The Morgan fingerprint density at radius 2 is 1.76 bits per heavy atom. The number of amides is 1. The van der Waals surface area contributed by atoms with Crippen LogP contribution in [0.1, 0.15) is 21.5 Å². The van der Waals surface area contributed by atoms with Gasteiger partial charge in [0.25, 0.3) is 5.91 Å². The standard InChI is InChI=1S/C23H21BrN2O2S/c1-16-11-12-20(19(24)15-16)25-23(29)26-22(27)18-9-5-6-10-21(18)28-14-13-17-7-3-2-4-8-17/h2-12,15H,13-14H2,1H3,(H2,25,26,27,29). The number of halogens is 1. The molecule has 0 saturated heterocycles. The fourth-order valence-corrected chi connectivity index (χ4v) is 3.54. The molecule has 29 heavy (non-hydrogen) atoms. The molecule has 0 atom stereocenters. The molecule has 6 heteroatoms. The highest BCUT2D eigenvalue weighted by molar-refractivity contribution is 9.10. The quantitative estimate of drug-likeness (QED) is 0.468. The average Bonchev–Trinajstić information content (AvgIpc) is 2.71. The first kappa shape index (κ1) is 21.0. The van der Waals surface area contributed by atoms with E-state index in [1.54, 1.807) is 18.2 Å². The maximum atomic E-state index is 12.7. The molecule has 0 fully saturated rings. The van der Waals surface area contributed by atoms with Gasteiger partial charge in [0.05, 0.1) is 17.9 Å². The molecule has 3 aromatic rings. The SMILES string of the molecule is Cc1ccc(NC(=S)NC(=O)c2ccccc2OCCc2ccccc2)c(Br)c1. The summed E-state index contributed by atoms with van der Waals surface area (Å²) in [5.41, 5.74) is 3.53.